The Morgan fingerprint density at radius 1 is 1.04 bits per heavy atom. The minimum absolute atomic E-state index is 0.0280. The zero-order chi connectivity index (χ0) is 17.1. The zero-order valence-corrected chi connectivity index (χ0v) is 14.5. The maximum absolute atomic E-state index is 12.4. The van der Waals surface area contributed by atoms with Gasteiger partial charge < -0.3 is 9.47 Å². The van der Waals surface area contributed by atoms with Crippen LogP contribution in [0.25, 0.3) is 10.9 Å². The Labute approximate surface area is 148 Å². The number of carbonyl (C=O) groups is 1. The third-order valence-electron chi connectivity index (χ3n) is 5.65. The van der Waals surface area contributed by atoms with E-state index < -0.39 is 0 Å². The second kappa shape index (κ2) is 7.42. The van der Waals surface area contributed by atoms with E-state index in [0.717, 1.165) is 41.3 Å². The Morgan fingerprint density at radius 3 is 2.68 bits per heavy atom. The molecule has 0 amide bonds. The molecule has 4 heteroatoms. The molecule has 1 heterocycles. The minimum Gasteiger partial charge on any atom is -0.489 e. The lowest BCUT2D eigenvalue weighted by Crippen LogP contribution is -2.32. The van der Waals surface area contributed by atoms with Crippen LogP contribution < -0.4 is 4.74 Å². The number of rotatable bonds is 5. The molecule has 0 spiro atoms. The normalized spacial score (nSPS) is 25.5. The lowest BCUT2D eigenvalue weighted by Gasteiger charge is -2.37. The van der Waals surface area contributed by atoms with Crippen LogP contribution in [-0.2, 0) is 9.53 Å². The molecule has 2 aliphatic rings. The highest BCUT2D eigenvalue weighted by molar-refractivity contribution is 5.84. The second-order valence-electron chi connectivity index (χ2n) is 7.41. The fourth-order valence-electron chi connectivity index (χ4n) is 4.53. The number of hydrogen-bond donors (Lipinski definition) is 0. The molecule has 1 aromatic carbocycles. The molecule has 4 rings (SSSR count). The standard InChI is InChI=1S/C21H25NO3/c23-21(17-13-15-4-3-5-16(12-15)14-17)25-11-10-24-20-8-9-22-19-7-2-1-6-18(19)20/h1-2,6-9,15-17H,3-5,10-14H2/t15-,16+,17?. The number of hydrogen-bond acceptors (Lipinski definition) is 4. The number of pyridine rings is 1. The number of aromatic nitrogens is 1. The van der Waals surface area contributed by atoms with Crippen molar-refractivity contribution in [2.75, 3.05) is 13.2 Å². The second-order valence-corrected chi connectivity index (χ2v) is 7.41. The molecule has 0 aliphatic heterocycles. The average molecular weight is 339 g/mol. The van der Waals surface area contributed by atoms with Gasteiger partial charge in [-0.1, -0.05) is 31.4 Å². The van der Waals surface area contributed by atoms with Crippen LogP contribution in [0, 0.1) is 17.8 Å². The highest BCUT2D eigenvalue weighted by Crippen LogP contribution is 2.42. The van der Waals surface area contributed by atoms with Gasteiger partial charge in [0.05, 0.1) is 11.4 Å². The Morgan fingerprint density at radius 2 is 1.84 bits per heavy atom. The van der Waals surface area contributed by atoms with Crippen molar-refractivity contribution in [3.05, 3.63) is 36.5 Å². The summed E-state index contributed by atoms with van der Waals surface area (Å²) in [4.78, 5) is 16.7. The van der Waals surface area contributed by atoms with E-state index in [-0.39, 0.29) is 11.9 Å². The maximum atomic E-state index is 12.4. The molecular weight excluding hydrogens is 314 g/mol. The molecule has 2 aliphatic carbocycles. The van der Waals surface area contributed by atoms with Crippen molar-refractivity contribution < 1.29 is 14.3 Å². The lowest BCUT2D eigenvalue weighted by atomic mass is 9.68. The summed E-state index contributed by atoms with van der Waals surface area (Å²) in [5, 5.41) is 0.983. The van der Waals surface area contributed by atoms with Gasteiger partial charge in [0.1, 0.15) is 19.0 Å². The van der Waals surface area contributed by atoms with Crippen LogP contribution in [0.3, 0.4) is 0 Å². The predicted octanol–water partition coefficient (Wildman–Crippen LogP) is 4.37. The Hall–Kier alpha value is -2.10. The summed E-state index contributed by atoms with van der Waals surface area (Å²) < 4.78 is 11.3. The monoisotopic (exact) mass is 339 g/mol. The number of benzene rings is 1. The third kappa shape index (κ3) is 3.78. The molecule has 2 fully saturated rings. The van der Waals surface area contributed by atoms with Crippen LogP contribution >= 0.6 is 0 Å². The van der Waals surface area contributed by atoms with Gasteiger partial charge in [0.25, 0.3) is 0 Å². The first-order valence-corrected chi connectivity index (χ1v) is 9.43. The maximum Gasteiger partial charge on any atom is 0.309 e. The van der Waals surface area contributed by atoms with Crippen molar-refractivity contribution in [1.29, 1.82) is 0 Å². The Kier molecular flexibility index (Phi) is 4.86. The highest BCUT2D eigenvalue weighted by atomic mass is 16.6. The number of carbonyl (C=O) groups excluding carboxylic acids is 1. The molecule has 1 aromatic heterocycles. The van der Waals surface area contributed by atoms with Crippen molar-refractivity contribution in [1.82, 2.24) is 4.98 Å². The van der Waals surface area contributed by atoms with Crippen LogP contribution in [0.1, 0.15) is 38.5 Å². The SMILES string of the molecule is O=C(OCCOc1ccnc2ccccc12)C1C[C@H]2CCC[C@@H](C1)C2. The van der Waals surface area contributed by atoms with E-state index in [2.05, 4.69) is 4.98 Å². The summed E-state index contributed by atoms with van der Waals surface area (Å²) in [6.45, 7) is 0.681. The molecule has 3 atom stereocenters. The third-order valence-corrected chi connectivity index (χ3v) is 5.65. The molecular formula is C21H25NO3. The minimum atomic E-state index is -0.0280. The number of nitrogens with zero attached hydrogens (tertiary/aromatic N) is 1. The van der Waals surface area contributed by atoms with Gasteiger partial charge in [-0.25, -0.2) is 0 Å². The van der Waals surface area contributed by atoms with E-state index in [1.807, 2.05) is 30.3 Å². The lowest BCUT2D eigenvalue weighted by molar-refractivity contribution is -0.152. The van der Waals surface area contributed by atoms with Crippen molar-refractivity contribution in [3.63, 3.8) is 0 Å². The molecule has 4 nitrogen and oxygen atoms in total. The van der Waals surface area contributed by atoms with Gasteiger partial charge >= 0.3 is 5.97 Å². The number of para-hydroxylation sites is 1. The Balaban J connectivity index is 1.27. The van der Waals surface area contributed by atoms with Gasteiger partial charge in [-0.05, 0) is 49.3 Å². The number of ether oxygens (including phenoxy) is 2. The summed E-state index contributed by atoms with van der Waals surface area (Å²) in [7, 11) is 0. The molecule has 25 heavy (non-hydrogen) atoms. The molecule has 1 unspecified atom stereocenters. The molecule has 0 N–H and O–H groups in total. The van der Waals surface area contributed by atoms with Crippen LogP contribution in [0.5, 0.6) is 5.75 Å². The van der Waals surface area contributed by atoms with Gasteiger partial charge in [-0.15, -0.1) is 0 Å². The summed E-state index contributed by atoms with van der Waals surface area (Å²) in [5.41, 5.74) is 0.908. The fraction of sp³-hybridized carbons (Fsp3) is 0.524. The Bertz CT molecular complexity index is 728. The largest absolute Gasteiger partial charge is 0.489 e. The van der Waals surface area contributed by atoms with E-state index in [1.54, 1.807) is 6.20 Å². The molecule has 0 saturated heterocycles. The molecule has 2 aromatic rings. The summed E-state index contributed by atoms with van der Waals surface area (Å²) in [6, 6.07) is 9.73. The fourth-order valence-corrected chi connectivity index (χ4v) is 4.53. The van der Waals surface area contributed by atoms with Gasteiger partial charge in [-0.3, -0.25) is 9.78 Å². The van der Waals surface area contributed by atoms with Gasteiger partial charge in [0.15, 0.2) is 0 Å². The zero-order valence-electron chi connectivity index (χ0n) is 14.5. The first kappa shape index (κ1) is 16.4. The quantitative estimate of drug-likeness (QED) is 0.599. The molecule has 2 saturated carbocycles. The van der Waals surface area contributed by atoms with Crippen LogP contribution in [0.15, 0.2) is 36.5 Å². The summed E-state index contributed by atoms with van der Waals surface area (Å²) in [6.07, 6.45) is 9.02. The van der Waals surface area contributed by atoms with E-state index in [9.17, 15) is 4.79 Å². The predicted molar refractivity (Wildman–Crippen MR) is 96.4 cm³/mol. The van der Waals surface area contributed by atoms with Crippen molar-refractivity contribution in [2.45, 2.75) is 38.5 Å². The topological polar surface area (TPSA) is 48.4 Å². The highest BCUT2D eigenvalue weighted by Gasteiger charge is 2.35. The van der Waals surface area contributed by atoms with E-state index in [4.69, 9.17) is 9.47 Å². The molecule has 132 valence electrons. The van der Waals surface area contributed by atoms with Crippen LogP contribution in [0.2, 0.25) is 0 Å². The number of fused-ring (bicyclic) bond motifs is 3. The van der Waals surface area contributed by atoms with Gasteiger partial charge in [0.2, 0.25) is 0 Å². The summed E-state index contributed by atoms with van der Waals surface area (Å²) in [5.74, 6) is 2.34. The van der Waals surface area contributed by atoms with Crippen LogP contribution in [0.4, 0.5) is 0 Å². The summed E-state index contributed by atoms with van der Waals surface area (Å²) >= 11 is 0. The number of esters is 1. The van der Waals surface area contributed by atoms with E-state index in [0.29, 0.717) is 13.2 Å². The molecule has 2 bridgehead atoms. The first-order chi connectivity index (χ1) is 12.3. The first-order valence-electron chi connectivity index (χ1n) is 9.43. The van der Waals surface area contributed by atoms with E-state index >= 15 is 0 Å². The van der Waals surface area contributed by atoms with Crippen molar-refractivity contribution in [3.8, 4) is 5.75 Å². The van der Waals surface area contributed by atoms with E-state index in [1.165, 1.54) is 25.7 Å². The van der Waals surface area contributed by atoms with Gasteiger partial charge in [-0.2, -0.15) is 0 Å². The average Bonchev–Trinajstić information content (AvgIpc) is 2.65. The van der Waals surface area contributed by atoms with Gasteiger partial charge in [0, 0.05) is 11.6 Å². The smallest absolute Gasteiger partial charge is 0.309 e. The van der Waals surface area contributed by atoms with Crippen molar-refractivity contribution in [2.24, 2.45) is 17.8 Å². The van der Waals surface area contributed by atoms with Crippen molar-refractivity contribution >= 4 is 16.9 Å². The molecule has 0 radical (unpaired) electrons. The van der Waals surface area contributed by atoms with Crippen LogP contribution in [-0.4, -0.2) is 24.2 Å².